The number of rotatable bonds is 5. The molecule has 6 heteroatoms. The van der Waals surface area contributed by atoms with Gasteiger partial charge in [-0.05, 0) is 29.8 Å². The summed E-state index contributed by atoms with van der Waals surface area (Å²) in [5.41, 5.74) is 1.07. The van der Waals surface area contributed by atoms with Crippen molar-refractivity contribution < 1.29 is 18.7 Å². The second-order valence-corrected chi connectivity index (χ2v) is 4.84. The number of ether oxygens (including phenoxy) is 1. The average molecular weight is 304 g/mol. The molecule has 0 saturated heterocycles. The van der Waals surface area contributed by atoms with E-state index in [2.05, 4.69) is 5.32 Å². The molecule has 2 aromatic rings. The molecule has 1 atom stereocenters. The van der Waals surface area contributed by atoms with E-state index in [0.29, 0.717) is 11.3 Å². The number of carbonyl (C=O) groups is 2. The number of hydrogen-bond acceptors (Lipinski definition) is 3. The first-order chi connectivity index (χ1) is 10.5. The van der Waals surface area contributed by atoms with Crippen LogP contribution in [0.5, 0.6) is 0 Å². The number of nitrogens with one attached hydrogen (secondary N) is 1. The Morgan fingerprint density at radius 3 is 2.50 bits per heavy atom. The Hall–Kier alpha value is -2.63. The van der Waals surface area contributed by atoms with Gasteiger partial charge in [0.1, 0.15) is 11.5 Å². The van der Waals surface area contributed by atoms with Crippen LogP contribution >= 0.6 is 0 Å². The third-order valence-corrected chi connectivity index (χ3v) is 3.40. The van der Waals surface area contributed by atoms with Gasteiger partial charge in [0.2, 0.25) is 0 Å². The minimum Gasteiger partial charge on any atom is -0.468 e. The molecule has 0 aliphatic rings. The highest BCUT2D eigenvalue weighted by atomic mass is 19.1. The Balaban J connectivity index is 2.11. The molecule has 0 radical (unpaired) electrons. The first kappa shape index (κ1) is 15.8. The second-order valence-electron chi connectivity index (χ2n) is 4.84. The number of nitrogens with zero attached hydrogens (tertiary/aromatic N) is 1. The fourth-order valence-electron chi connectivity index (χ4n) is 2.16. The maximum atomic E-state index is 13.0. The van der Waals surface area contributed by atoms with E-state index in [1.165, 1.54) is 31.4 Å². The average Bonchev–Trinajstić information content (AvgIpc) is 2.94. The lowest BCUT2D eigenvalue weighted by molar-refractivity contribution is -0.142. The number of carbonyl (C=O) groups excluding carboxylic acids is 2. The molecule has 1 amide bonds. The molecule has 0 spiro atoms. The van der Waals surface area contributed by atoms with Crippen LogP contribution in [0.2, 0.25) is 0 Å². The van der Waals surface area contributed by atoms with Crippen molar-refractivity contribution in [3.8, 4) is 0 Å². The summed E-state index contributed by atoms with van der Waals surface area (Å²) in [6.07, 6.45) is 1.76. The molecule has 22 heavy (non-hydrogen) atoms. The van der Waals surface area contributed by atoms with E-state index in [9.17, 15) is 14.0 Å². The quantitative estimate of drug-likeness (QED) is 0.858. The molecule has 116 valence electrons. The third kappa shape index (κ3) is 3.52. The van der Waals surface area contributed by atoms with Crippen molar-refractivity contribution >= 4 is 11.9 Å². The normalized spacial score (nSPS) is 11.8. The molecular formula is C16H17FN2O3. The molecule has 1 N–H and O–H groups in total. The zero-order valence-electron chi connectivity index (χ0n) is 12.4. The van der Waals surface area contributed by atoms with Gasteiger partial charge in [-0.25, -0.2) is 4.39 Å². The maximum absolute atomic E-state index is 13.0. The molecule has 0 unspecified atom stereocenters. The maximum Gasteiger partial charge on any atom is 0.314 e. The summed E-state index contributed by atoms with van der Waals surface area (Å²) in [5.74, 6) is -1.85. The largest absolute Gasteiger partial charge is 0.468 e. The van der Waals surface area contributed by atoms with E-state index < -0.39 is 11.9 Å². The highest BCUT2D eigenvalue weighted by Crippen LogP contribution is 2.17. The second kappa shape index (κ2) is 6.89. The molecule has 5 nitrogen and oxygen atoms in total. The van der Waals surface area contributed by atoms with E-state index in [-0.39, 0.29) is 18.3 Å². The minimum absolute atomic E-state index is 0.0717. The van der Waals surface area contributed by atoms with Crippen LogP contribution < -0.4 is 5.32 Å². The van der Waals surface area contributed by atoms with Crippen LogP contribution in [0.3, 0.4) is 0 Å². The summed E-state index contributed by atoms with van der Waals surface area (Å²) in [6, 6.07) is 8.98. The number of aryl methyl sites for hydroxylation is 1. The number of esters is 1. The summed E-state index contributed by atoms with van der Waals surface area (Å²) in [6.45, 7) is 0.0717. The predicted molar refractivity (Wildman–Crippen MR) is 78.9 cm³/mol. The molecule has 1 aromatic heterocycles. The van der Waals surface area contributed by atoms with Crippen molar-refractivity contribution in [2.75, 3.05) is 13.7 Å². The lowest BCUT2D eigenvalue weighted by atomic mass is 9.99. The van der Waals surface area contributed by atoms with Crippen molar-refractivity contribution in [3.63, 3.8) is 0 Å². The molecule has 1 aromatic carbocycles. The topological polar surface area (TPSA) is 60.3 Å². The van der Waals surface area contributed by atoms with Gasteiger partial charge in [0.05, 0.1) is 13.0 Å². The SMILES string of the molecule is COC(=O)[C@@H](CNC(=O)c1cccn1C)c1ccc(F)cc1. The molecule has 0 saturated carbocycles. The van der Waals surface area contributed by atoms with Crippen molar-refractivity contribution in [1.29, 1.82) is 0 Å². The van der Waals surface area contributed by atoms with Gasteiger partial charge < -0.3 is 14.6 Å². The van der Waals surface area contributed by atoms with Gasteiger partial charge in [-0.1, -0.05) is 12.1 Å². The standard InChI is InChI=1S/C16H17FN2O3/c1-19-9-3-4-14(19)15(20)18-10-13(16(21)22-2)11-5-7-12(17)8-6-11/h3-9,13H,10H2,1-2H3,(H,18,20)/t13-/m0/s1. The third-order valence-electron chi connectivity index (χ3n) is 3.40. The van der Waals surface area contributed by atoms with Gasteiger partial charge in [0.15, 0.2) is 0 Å². The zero-order valence-corrected chi connectivity index (χ0v) is 12.4. The van der Waals surface area contributed by atoms with Crippen LogP contribution in [-0.4, -0.2) is 30.1 Å². The highest BCUT2D eigenvalue weighted by Gasteiger charge is 2.23. The lowest BCUT2D eigenvalue weighted by Crippen LogP contribution is -2.33. The molecule has 0 aliphatic heterocycles. The van der Waals surface area contributed by atoms with E-state index >= 15 is 0 Å². The van der Waals surface area contributed by atoms with Crippen LogP contribution in [0.15, 0.2) is 42.6 Å². The van der Waals surface area contributed by atoms with E-state index in [4.69, 9.17) is 4.74 Å². The van der Waals surface area contributed by atoms with Crippen LogP contribution in [0.4, 0.5) is 4.39 Å². The van der Waals surface area contributed by atoms with E-state index in [1.807, 2.05) is 0 Å². The molecule has 0 fully saturated rings. The number of hydrogen-bond donors (Lipinski definition) is 1. The Labute approximate surface area is 127 Å². The number of amides is 1. The molecule has 0 aliphatic carbocycles. The van der Waals surface area contributed by atoms with Gasteiger partial charge in [0.25, 0.3) is 5.91 Å². The zero-order chi connectivity index (χ0) is 16.1. The van der Waals surface area contributed by atoms with Crippen molar-refractivity contribution in [3.05, 3.63) is 59.7 Å². The Morgan fingerprint density at radius 1 is 1.27 bits per heavy atom. The number of benzene rings is 1. The van der Waals surface area contributed by atoms with Crippen LogP contribution in [0.1, 0.15) is 22.0 Å². The van der Waals surface area contributed by atoms with Gasteiger partial charge in [-0.15, -0.1) is 0 Å². The van der Waals surface area contributed by atoms with Gasteiger partial charge in [-0.2, -0.15) is 0 Å². The van der Waals surface area contributed by atoms with Crippen molar-refractivity contribution in [2.45, 2.75) is 5.92 Å². The smallest absolute Gasteiger partial charge is 0.314 e. The fourth-order valence-corrected chi connectivity index (χ4v) is 2.16. The lowest BCUT2D eigenvalue weighted by Gasteiger charge is -2.16. The van der Waals surface area contributed by atoms with Crippen LogP contribution in [0, 0.1) is 5.82 Å². The molecule has 2 rings (SSSR count). The van der Waals surface area contributed by atoms with Gasteiger partial charge >= 0.3 is 5.97 Å². The number of halogens is 1. The first-order valence-corrected chi connectivity index (χ1v) is 6.75. The minimum atomic E-state index is -0.685. The van der Waals surface area contributed by atoms with E-state index in [0.717, 1.165) is 0 Å². The Kier molecular flexibility index (Phi) is 4.93. The Bertz CT molecular complexity index is 664. The summed E-state index contributed by atoms with van der Waals surface area (Å²) < 4.78 is 19.4. The summed E-state index contributed by atoms with van der Waals surface area (Å²) >= 11 is 0. The van der Waals surface area contributed by atoms with E-state index in [1.54, 1.807) is 29.9 Å². The summed E-state index contributed by atoms with van der Waals surface area (Å²) in [7, 11) is 3.03. The first-order valence-electron chi connectivity index (χ1n) is 6.75. The van der Waals surface area contributed by atoms with Crippen molar-refractivity contribution in [1.82, 2.24) is 9.88 Å². The summed E-state index contributed by atoms with van der Waals surface area (Å²) in [4.78, 5) is 24.0. The van der Waals surface area contributed by atoms with Crippen LogP contribution in [0.25, 0.3) is 0 Å². The highest BCUT2D eigenvalue weighted by molar-refractivity contribution is 5.93. The van der Waals surface area contributed by atoms with Gasteiger partial charge in [-0.3, -0.25) is 9.59 Å². The Morgan fingerprint density at radius 2 is 1.95 bits per heavy atom. The molecular weight excluding hydrogens is 287 g/mol. The number of methoxy groups -OCH3 is 1. The number of aromatic nitrogens is 1. The van der Waals surface area contributed by atoms with Crippen LogP contribution in [-0.2, 0) is 16.6 Å². The fraction of sp³-hybridized carbons (Fsp3) is 0.250. The molecule has 0 bridgehead atoms. The van der Waals surface area contributed by atoms with Gasteiger partial charge in [0, 0.05) is 19.8 Å². The predicted octanol–water partition coefficient (Wildman–Crippen LogP) is 1.85. The summed E-state index contributed by atoms with van der Waals surface area (Å²) in [5, 5.41) is 2.70. The monoisotopic (exact) mass is 304 g/mol. The van der Waals surface area contributed by atoms with Crippen molar-refractivity contribution in [2.24, 2.45) is 7.05 Å². The molecule has 1 heterocycles.